The molecule has 6 heteroatoms. The Morgan fingerprint density at radius 2 is 1.93 bits per heavy atom. The monoisotopic (exact) mass is 493 g/mol. The fraction of sp³-hybridized carbons (Fsp3) is 0.952. The zero-order valence-corrected chi connectivity index (χ0v) is 19.7. The van der Waals surface area contributed by atoms with E-state index in [1.54, 1.807) is 7.11 Å². The second-order valence-corrected chi connectivity index (χ2v) is 8.36. The van der Waals surface area contributed by atoms with Crippen molar-refractivity contribution in [3.63, 3.8) is 0 Å². The van der Waals surface area contributed by atoms with E-state index in [1.807, 2.05) is 0 Å². The Labute approximate surface area is 183 Å². The third-order valence-corrected chi connectivity index (χ3v) is 6.57. The Balaban J connectivity index is 0.00000261. The first-order chi connectivity index (χ1) is 12.8. The van der Waals surface area contributed by atoms with Crippen LogP contribution in [0.3, 0.4) is 0 Å². The van der Waals surface area contributed by atoms with Crippen LogP contribution in [0.1, 0.15) is 58.3 Å². The standard InChI is InChI=1S/C21H39N3O2.HI/c1-3-22-21(23-10-7-19-16-17-5-6-18(19)15-17)24-11-8-20(9-12-24)26-14-4-13-25-2;/h17-20H,3-16H2,1-2H3,(H,22,23);1H. The van der Waals surface area contributed by atoms with Gasteiger partial charge in [0.2, 0.25) is 0 Å². The zero-order valence-electron chi connectivity index (χ0n) is 17.3. The van der Waals surface area contributed by atoms with E-state index < -0.39 is 0 Å². The lowest BCUT2D eigenvalue weighted by Crippen LogP contribution is -2.47. The van der Waals surface area contributed by atoms with Gasteiger partial charge in [0.1, 0.15) is 0 Å². The van der Waals surface area contributed by atoms with Crippen molar-refractivity contribution >= 4 is 29.9 Å². The van der Waals surface area contributed by atoms with Crippen molar-refractivity contribution in [3.8, 4) is 0 Å². The van der Waals surface area contributed by atoms with Crippen LogP contribution in [0.25, 0.3) is 0 Å². The maximum atomic E-state index is 5.98. The number of fused-ring (bicyclic) bond motifs is 2. The second-order valence-electron chi connectivity index (χ2n) is 8.36. The number of halogens is 1. The SMILES string of the molecule is CCNC(=NCCC1CC2CCC1C2)N1CCC(OCCCOC)CC1.I. The molecule has 3 fully saturated rings. The molecule has 0 radical (unpaired) electrons. The van der Waals surface area contributed by atoms with E-state index in [0.717, 1.165) is 82.4 Å². The molecule has 0 amide bonds. The Morgan fingerprint density at radius 3 is 2.56 bits per heavy atom. The Bertz CT molecular complexity index is 441. The van der Waals surface area contributed by atoms with Gasteiger partial charge in [0.15, 0.2) is 5.96 Å². The predicted octanol–water partition coefficient (Wildman–Crippen LogP) is 3.91. The summed E-state index contributed by atoms with van der Waals surface area (Å²) in [5.41, 5.74) is 0. The number of nitrogens with one attached hydrogen (secondary N) is 1. The maximum Gasteiger partial charge on any atom is 0.193 e. The molecular weight excluding hydrogens is 453 g/mol. The number of guanidine groups is 1. The van der Waals surface area contributed by atoms with Crippen LogP contribution in [0.5, 0.6) is 0 Å². The zero-order chi connectivity index (χ0) is 18.2. The topological polar surface area (TPSA) is 46.1 Å². The molecule has 0 aromatic rings. The number of ether oxygens (including phenoxy) is 2. The van der Waals surface area contributed by atoms with Gasteiger partial charge in [-0.15, -0.1) is 24.0 Å². The molecule has 5 nitrogen and oxygen atoms in total. The highest BCUT2D eigenvalue weighted by molar-refractivity contribution is 14.0. The highest BCUT2D eigenvalue weighted by Gasteiger charge is 2.38. The summed E-state index contributed by atoms with van der Waals surface area (Å²) < 4.78 is 11.1. The van der Waals surface area contributed by atoms with Gasteiger partial charge in [-0.2, -0.15) is 0 Å². The second kappa shape index (κ2) is 12.5. The van der Waals surface area contributed by atoms with E-state index >= 15 is 0 Å². The van der Waals surface area contributed by atoms with E-state index in [1.165, 1.54) is 32.1 Å². The predicted molar refractivity (Wildman–Crippen MR) is 122 cm³/mol. The summed E-state index contributed by atoms with van der Waals surface area (Å²) in [6, 6.07) is 0. The van der Waals surface area contributed by atoms with E-state index in [-0.39, 0.29) is 24.0 Å². The first-order valence-corrected chi connectivity index (χ1v) is 10.9. The normalized spacial score (nSPS) is 28.4. The van der Waals surface area contributed by atoms with Crippen LogP contribution in [0, 0.1) is 17.8 Å². The highest BCUT2D eigenvalue weighted by atomic mass is 127. The molecule has 0 spiro atoms. The molecule has 3 atom stereocenters. The molecule has 0 aromatic carbocycles. The Kier molecular flexibility index (Phi) is 10.7. The lowest BCUT2D eigenvalue weighted by atomic mass is 9.86. The van der Waals surface area contributed by atoms with Gasteiger partial charge < -0.3 is 19.7 Å². The maximum absolute atomic E-state index is 5.98. The molecule has 1 aliphatic heterocycles. The summed E-state index contributed by atoms with van der Waals surface area (Å²) in [5, 5.41) is 3.51. The van der Waals surface area contributed by atoms with Crippen LogP contribution < -0.4 is 5.32 Å². The van der Waals surface area contributed by atoms with E-state index in [4.69, 9.17) is 14.5 Å². The molecule has 2 saturated carbocycles. The quantitative estimate of drug-likeness (QED) is 0.229. The summed E-state index contributed by atoms with van der Waals surface area (Å²) in [7, 11) is 1.75. The first-order valence-electron chi connectivity index (χ1n) is 10.9. The Morgan fingerprint density at radius 1 is 1.11 bits per heavy atom. The molecule has 2 aliphatic carbocycles. The lowest BCUT2D eigenvalue weighted by Gasteiger charge is -2.34. The van der Waals surface area contributed by atoms with E-state index in [9.17, 15) is 0 Å². The first kappa shape index (κ1) is 23.2. The molecule has 158 valence electrons. The van der Waals surface area contributed by atoms with Gasteiger partial charge in [0, 0.05) is 46.5 Å². The minimum Gasteiger partial charge on any atom is -0.385 e. The van der Waals surface area contributed by atoms with Gasteiger partial charge in [-0.3, -0.25) is 4.99 Å². The summed E-state index contributed by atoms with van der Waals surface area (Å²) in [6.45, 7) is 7.81. The van der Waals surface area contributed by atoms with Crippen molar-refractivity contribution < 1.29 is 9.47 Å². The molecule has 0 aromatic heterocycles. The molecule has 1 heterocycles. The average molecular weight is 493 g/mol. The van der Waals surface area contributed by atoms with Crippen LogP contribution in [0.15, 0.2) is 4.99 Å². The largest absolute Gasteiger partial charge is 0.385 e. The number of piperidine rings is 1. The van der Waals surface area contributed by atoms with Crippen molar-refractivity contribution in [1.82, 2.24) is 10.2 Å². The summed E-state index contributed by atoms with van der Waals surface area (Å²) >= 11 is 0. The van der Waals surface area contributed by atoms with Gasteiger partial charge >= 0.3 is 0 Å². The molecule has 1 saturated heterocycles. The summed E-state index contributed by atoms with van der Waals surface area (Å²) in [6.07, 6.45) is 10.8. The van der Waals surface area contributed by atoms with Crippen LogP contribution in [-0.4, -0.2) is 63.5 Å². The number of hydrogen-bond donors (Lipinski definition) is 1. The fourth-order valence-corrected chi connectivity index (χ4v) is 5.18. The van der Waals surface area contributed by atoms with Gasteiger partial charge in [-0.25, -0.2) is 0 Å². The highest BCUT2D eigenvalue weighted by Crippen LogP contribution is 2.49. The molecule has 3 unspecified atom stereocenters. The number of hydrogen-bond acceptors (Lipinski definition) is 3. The van der Waals surface area contributed by atoms with Gasteiger partial charge in [0.05, 0.1) is 6.10 Å². The van der Waals surface area contributed by atoms with Crippen molar-refractivity contribution in [2.75, 3.05) is 46.5 Å². The van der Waals surface area contributed by atoms with Crippen LogP contribution in [-0.2, 0) is 9.47 Å². The van der Waals surface area contributed by atoms with Gasteiger partial charge in [-0.05, 0) is 69.6 Å². The average Bonchev–Trinajstić information content (AvgIpc) is 3.28. The summed E-state index contributed by atoms with van der Waals surface area (Å²) in [5.74, 6) is 4.13. The smallest absolute Gasteiger partial charge is 0.193 e. The van der Waals surface area contributed by atoms with Crippen LogP contribution in [0.2, 0.25) is 0 Å². The fourth-order valence-electron chi connectivity index (χ4n) is 5.18. The molecule has 3 rings (SSSR count). The minimum atomic E-state index is 0. The third kappa shape index (κ3) is 7.03. The van der Waals surface area contributed by atoms with E-state index in [2.05, 4.69) is 17.1 Å². The number of nitrogens with zero attached hydrogens (tertiary/aromatic N) is 2. The number of aliphatic imine (C=N–C) groups is 1. The Hall–Kier alpha value is -0.0800. The number of rotatable bonds is 9. The van der Waals surface area contributed by atoms with E-state index in [0.29, 0.717) is 6.10 Å². The van der Waals surface area contributed by atoms with Crippen molar-refractivity contribution in [2.24, 2.45) is 22.7 Å². The molecule has 2 bridgehead atoms. The van der Waals surface area contributed by atoms with Crippen molar-refractivity contribution in [3.05, 3.63) is 0 Å². The molecular formula is C21H40IN3O2. The van der Waals surface area contributed by atoms with Gasteiger partial charge in [-0.1, -0.05) is 6.42 Å². The van der Waals surface area contributed by atoms with Gasteiger partial charge in [0.25, 0.3) is 0 Å². The van der Waals surface area contributed by atoms with Crippen LogP contribution in [0.4, 0.5) is 0 Å². The summed E-state index contributed by atoms with van der Waals surface area (Å²) in [4.78, 5) is 7.40. The molecule has 1 N–H and O–H groups in total. The number of methoxy groups -OCH3 is 1. The van der Waals surface area contributed by atoms with Crippen molar-refractivity contribution in [2.45, 2.75) is 64.4 Å². The number of likely N-dealkylation sites (tertiary alicyclic amines) is 1. The van der Waals surface area contributed by atoms with Crippen LogP contribution >= 0.6 is 24.0 Å². The van der Waals surface area contributed by atoms with Crippen molar-refractivity contribution in [1.29, 1.82) is 0 Å². The molecule has 3 aliphatic rings. The lowest BCUT2D eigenvalue weighted by molar-refractivity contribution is 0.00990. The molecule has 27 heavy (non-hydrogen) atoms. The minimum absolute atomic E-state index is 0. The third-order valence-electron chi connectivity index (χ3n) is 6.57.